The van der Waals surface area contributed by atoms with E-state index in [4.69, 9.17) is 0 Å². The number of hydrogen-bond acceptors (Lipinski definition) is 11. The van der Waals surface area contributed by atoms with Crippen LogP contribution in [0.15, 0.2) is 97.6 Å². The Bertz CT molecular complexity index is 1030. The molecule has 0 bridgehead atoms. The van der Waals surface area contributed by atoms with Gasteiger partial charge in [0.05, 0.1) is 38.4 Å². The third-order valence-electron chi connectivity index (χ3n) is 3.38. The Labute approximate surface area is 263 Å². The molecule has 0 aliphatic rings. The average Bonchev–Trinajstić information content (AvgIpc) is 2.80. The molecule has 230 valence electrons. The minimum Gasteiger partial charge on any atom is -2.00 e. The topological polar surface area (TPSA) is 405 Å². The van der Waals surface area contributed by atoms with Gasteiger partial charge >= 0.3 is 37.1 Å². The maximum Gasteiger partial charge on any atom is 4.00 e. The van der Waals surface area contributed by atoms with Gasteiger partial charge in [-0.05, 0) is 48.5 Å². The van der Waals surface area contributed by atoms with Crippen LogP contribution in [0.3, 0.4) is 0 Å². The fourth-order valence-electron chi connectivity index (χ4n) is 2.18. The molecule has 2 radical (unpaired) electrons. The predicted octanol–water partition coefficient (Wildman–Crippen LogP) is -3.61. The van der Waals surface area contributed by atoms with E-state index < -0.39 is 15.6 Å². The van der Waals surface area contributed by atoms with Gasteiger partial charge < -0.3 is 71.3 Å². The second-order valence-electron chi connectivity index (χ2n) is 5.84. The first kappa shape index (κ1) is 59.2. The molecular weight excluding hydrogens is 684 g/mol. The Kier molecular flexibility index (Phi) is 42.6. The molecule has 0 aliphatic carbocycles. The fraction of sp³-hybridized carbons (Fsp3) is 0. The van der Waals surface area contributed by atoms with Gasteiger partial charge in [-0.2, -0.15) is 0 Å². The Morgan fingerprint density at radius 1 is 0.476 bits per heavy atom. The van der Waals surface area contributed by atoms with E-state index in [0.717, 1.165) is 22.8 Å². The second kappa shape index (κ2) is 30.2. The number of pyridine rings is 4. The molecule has 0 aliphatic heterocycles. The summed E-state index contributed by atoms with van der Waals surface area (Å²) in [5.41, 5.74) is 3.66. The van der Waals surface area contributed by atoms with E-state index in [1.165, 1.54) is 0 Å². The number of hydrogen-bond donors (Lipinski definition) is 0. The zero-order valence-corrected chi connectivity index (χ0v) is 25.7. The maximum absolute atomic E-state index is 9.32. The number of aromatic nitrogens is 4. The predicted molar refractivity (Wildman–Crippen MR) is 133 cm³/mol. The largest absolute Gasteiger partial charge is 4.00 e. The third-order valence-corrected chi connectivity index (χ3v) is 4.98. The zero-order valence-electron chi connectivity index (χ0n) is 21.1. The molecule has 0 saturated carbocycles. The van der Waals surface area contributed by atoms with E-state index in [2.05, 4.69) is 24.2 Å². The van der Waals surface area contributed by atoms with Crippen molar-refractivity contribution in [3.8, 4) is 22.8 Å². The van der Waals surface area contributed by atoms with Crippen molar-refractivity contribution in [1.82, 2.24) is 19.9 Å². The van der Waals surface area contributed by atoms with Gasteiger partial charge in [-0.25, -0.2) is 0 Å². The van der Waals surface area contributed by atoms with E-state index in [-0.39, 0.29) is 75.4 Å². The molecule has 42 heavy (non-hydrogen) atoms. The summed E-state index contributed by atoms with van der Waals surface area (Å²) in [6.45, 7) is 0. The Balaban J connectivity index is -0.0000000628. The molecule has 22 heteroatoms. The molecule has 0 unspecified atom stereocenters. The first-order chi connectivity index (χ1) is 15.6. The average molecular weight is 712 g/mol. The van der Waals surface area contributed by atoms with E-state index >= 15 is 0 Å². The normalized spacial score (nSPS) is 8.48. The summed E-state index contributed by atoms with van der Waals surface area (Å²) in [7, 11) is -11.4. The summed E-state index contributed by atoms with van der Waals surface area (Å²) in [6.07, 6.45) is 7.07. The summed E-state index contributed by atoms with van der Waals surface area (Å²) in [6, 6.07) is 23.2. The van der Waals surface area contributed by atoms with Crippen molar-refractivity contribution in [2.24, 2.45) is 0 Å². The SMILES string of the molecule is O.O.O.O=P([O-])([O-])OP(=O)([O-])[O-].[O-2].[O-2].[OH3+].[OH3+].[V+4].[V+4].c1ccc(-c2ccccn2)nc1.c1ccc(-c2ccccn2)nc1. The molecule has 0 saturated heterocycles. The number of rotatable bonds is 4. The molecular formula is C20H28N4O14P2V2+2. The third kappa shape index (κ3) is 26.6. The molecule has 0 aromatic carbocycles. The van der Waals surface area contributed by atoms with E-state index in [0.29, 0.717) is 0 Å². The fourth-order valence-corrected chi connectivity index (χ4v) is 3.16. The van der Waals surface area contributed by atoms with Crippen molar-refractivity contribution < 1.29 is 108 Å². The summed E-state index contributed by atoms with van der Waals surface area (Å²) in [5.74, 6) is 0. The van der Waals surface area contributed by atoms with E-state index in [9.17, 15) is 28.7 Å². The van der Waals surface area contributed by atoms with Gasteiger partial charge in [0.15, 0.2) is 0 Å². The molecule has 4 aromatic heterocycles. The summed E-state index contributed by atoms with van der Waals surface area (Å²) in [5, 5.41) is 0. The van der Waals surface area contributed by atoms with Crippen molar-refractivity contribution in [3.63, 3.8) is 0 Å². The number of nitrogens with zero attached hydrogens (tertiary/aromatic N) is 4. The van der Waals surface area contributed by atoms with Crippen LogP contribution in [0.2, 0.25) is 0 Å². The van der Waals surface area contributed by atoms with Gasteiger partial charge in [-0.15, -0.1) is 0 Å². The molecule has 0 fully saturated rings. The molecule has 4 aromatic rings. The van der Waals surface area contributed by atoms with Crippen molar-refractivity contribution >= 4 is 15.6 Å². The van der Waals surface area contributed by atoms with Crippen molar-refractivity contribution in [3.05, 3.63) is 97.6 Å². The molecule has 0 atom stereocenters. The quantitative estimate of drug-likeness (QED) is 0.147. The van der Waals surface area contributed by atoms with Crippen LogP contribution >= 0.6 is 15.6 Å². The molecule has 4 heterocycles. The van der Waals surface area contributed by atoms with Crippen LogP contribution in [-0.2, 0) is 72.5 Å². The summed E-state index contributed by atoms with van der Waals surface area (Å²) >= 11 is 0. The Morgan fingerprint density at radius 2 is 0.667 bits per heavy atom. The summed E-state index contributed by atoms with van der Waals surface area (Å²) in [4.78, 5) is 54.0. The summed E-state index contributed by atoms with van der Waals surface area (Å²) < 4.78 is 21.2. The van der Waals surface area contributed by atoms with Crippen LogP contribution in [0.4, 0.5) is 0 Å². The van der Waals surface area contributed by atoms with Crippen molar-refractivity contribution in [2.45, 2.75) is 0 Å². The number of phosphoric acid groups is 2. The monoisotopic (exact) mass is 712 g/mol. The van der Waals surface area contributed by atoms with Crippen molar-refractivity contribution in [1.29, 1.82) is 0 Å². The maximum atomic E-state index is 9.32. The van der Waals surface area contributed by atoms with Gasteiger partial charge in [-0.1, -0.05) is 24.3 Å². The molecule has 18 nitrogen and oxygen atoms in total. The van der Waals surface area contributed by atoms with Crippen LogP contribution in [0.5, 0.6) is 0 Å². The molecule has 0 amide bonds. The van der Waals surface area contributed by atoms with Crippen LogP contribution in [0.1, 0.15) is 0 Å². The molecule has 4 rings (SSSR count). The van der Waals surface area contributed by atoms with Gasteiger partial charge in [0.25, 0.3) is 0 Å². The minimum atomic E-state index is -5.68. The zero-order chi connectivity index (χ0) is 24.2. The van der Waals surface area contributed by atoms with Gasteiger partial charge in [0, 0.05) is 24.8 Å². The van der Waals surface area contributed by atoms with Crippen LogP contribution in [0, 0.1) is 0 Å². The van der Waals surface area contributed by atoms with E-state index in [1.54, 1.807) is 24.8 Å². The van der Waals surface area contributed by atoms with Gasteiger partial charge in [-0.3, -0.25) is 19.9 Å². The van der Waals surface area contributed by atoms with Crippen molar-refractivity contribution in [2.75, 3.05) is 0 Å². The Morgan fingerprint density at radius 3 is 0.762 bits per heavy atom. The minimum absolute atomic E-state index is 0. The van der Waals surface area contributed by atoms with Crippen LogP contribution in [-0.4, -0.2) is 36.4 Å². The van der Waals surface area contributed by atoms with Crippen LogP contribution < -0.4 is 19.6 Å². The first-order valence-electron chi connectivity index (χ1n) is 9.04. The standard InChI is InChI=1S/2C10H8N2.H4O7P2.5H2O.2O.2V/c2*1-3-7-11-9(5-1)10-6-2-4-8-12-10;1-8(2,3)7-9(4,5)6;;;;;;;;;/h2*1-8H;(H2,1,2,3)(H2,4,5,6);5*1H2;;;;/q;;;;;;;;2*-2;2*+4/p-2. The molecule has 0 spiro atoms. The van der Waals surface area contributed by atoms with E-state index in [1.807, 2.05) is 72.8 Å². The smallest absolute Gasteiger partial charge is 2.00 e. The Hall–Kier alpha value is -2.25. The van der Waals surface area contributed by atoms with Crippen LogP contribution in [0.25, 0.3) is 22.8 Å². The first-order valence-corrected chi connectivity index (χ1v) is 12.0. The molecule has 12 N–H and O–H groups in total. The second-order valence-corrected chi connectivity index (χ2v) is 8.28. The van der Waals surface area contributed by atoms with Gasteiger partial charge in [0.2, 0.25) is 0 Å². The van der Waals surface area contributed by atoms with Gasteiger partial charge in [0.1, 0.15) is 0 Å².